The van der Waals surface area contributed by atoms with Crippen molar-refractivity contribution in [3.8, 4) is 11.4 Å². The van der Waals surface area contributed by atoms with E-state index in [-0.39, 0.29) is 24.1 Å². The molecule has 8 rings (SSSR count). The van der Waals surface area contributed by atoms with E-state index in [1.807, 2.05) is 53.6 Å². The largest absolute Gasteiger partial charge is 0.484 e. The van der Waals surface area contributed by atoms with Gasteiger partial charge in [0.05, 0.1) is 36.9 Å². The van der Waals surface area contributed by atoms with Crippen LogP contribution in [0.1, 0.15) is 108 Å². The van der Waals surface area contributed by atoms with Gasteiger partial charge in [-0.3, -0.25) is 14.4 Å². The molecule has 2 N–H and O–H groups in total. The fourth-order valence-electron chi connectivity index (χ4n) is 8.22. The second kappa shape index (κ2) is 14.6. The number of fused-ring (bicyclic) bond motifs is 2. The van der Waals surface area contributed by atoms with E-state index < -0.39 is 0 Å². The van der Waals surface area contributed by atoms with Gasteiger partial charge in [0.15, 0.2) is 5.65 Å². The summed E-state index contributed by atoms with van der Waals surface area (Å²) < 4.78 is 12.5. The Kier molecular flexibility index (Phi) is 9.61. The summed E-state index contributed by atoms with van der Waals surface area (Å²) >= 11 is 0. The van der Waals surface area contributed by atoms with Crippen molar-refractivity contribution in [1.29, 1.82) is 0 Å². The molecule has 2 amide bonds. The summed E-state index contributed by atoms with van der Waals surface area (Å²) in [6, 6.07) is 14.5. The van der Waals surface area contributed by atoms with Gasteiger partial charge in [-0.1, -0.05) is 38.1 Å². The molecule has 13 nitrogen and oxygen atoms in total. The molecular weight excluding hydrogens is 655 g/mol. The normalized spacial score (nSPS) is 22.2. The van der Waals surface area contributed by atoms with Crippen LogP contribution < -0.4 is 20.3 Å². The van der Waals surface area contributed by atoms with E-state index in [1.54, 1.807) is 4.68 Å². The van der Waals surface area contributed by atoms with Gasteiger partial charge in [-0.2, -0.15) is 10.2 Å². The number of amides is 2. The second-order valence-corrected chi connectivity index (χ2v) is 15.1. The summed E-state index contributed by atoms with van der Waals surface area (Å²) in [5, 5.41) is 24.9. The smallest absolute Gasteiger partial charge is 0.320 e. The van der Waals surface area contributed by atoms with Crippen molar-refractivity contribution in [1.82, 2.24) is 44.4 Å². The SMILES string of the molecule is CC(C)c1cc(NC(=O)N[C@H]2CC[C@@H](Oc3ccc4nnc(N5[C@H](C)CCC[C@@H]5C)n4c3)c3ccccc32)n(-c2cnn(CCN3CCCC3)c2)n1. The number of anilines is 2. The number of rotatable bonds is 10. The first-order valence-corrected chi connectivity index (χ1v) is 19.1. The molecule has 6 heterocycles. The Morgan fingerprint density at radius 3 is 2.50 bits per heavy atom. The van der Waals surface area contributed by atoms with Crippen molar-refractivity contribution in [3.63, 3.8) is 0 Å². The fraction of sp³-hybridized carbons (Fsp3) is 0.513. The van der Waals surface area contributed by atoms with Crippen LogP contribution in [0.2, 0.25) is 0 Å². The Hall–Kier alpha value is -4.91. The summed E-state index contributed by atoms with van der Waals surface area (Å²) in [7, 11) is 0. The van der Waals surface area contributed by atoms with Gasteiger partial charge >= 0.3 is 6.03 Å². The van der Waals surface area contributed by atoms with Crippen molar-refractivity contribution in [2.24, 2.45) is 0 Å². The van der Waals surface area contributed by atoms with Gasteiger partial charge in [0.25, 0.3) is 0 Å². The zero-order chi connectivity index (χ0) is 35.8. The molecule has 2 fully saturated rings. The standard InChI is InChI=1S/C39H51N11O2/c1-26(2)34-22-37(50(45-34)29-23-40-47(24-29)21-20-46-18-7-8-19-46)42-38(51)41-33-15-16-35(32-13-6-5-12-31(32)33)52-30-14-17-36-43-44-39(48(36)25-30)49-27(3)10-9-11-28(49)4/h5-6,12-14,17,22-28,33,35H,7-11,15-16,18-21H2,1-4H3,(H2,41,42,51)/t27-,28+,33-,35+/m0/s1. The summed E-state index contributed by atoms with van der Waals surface area (Å²) in [4.78, 5) is 18.5. The maximum absolute atomic E-state index is 13.6. The monoisotopic (exact) mass is 705 g/mol. The molecule has 1 aromatic carbocycles. The van der Waals surface area contributed by atoms with Crippen molar-refractivity contribution < 1.29 is 9.53 Å². The molecule has 13 heteroatoms. The van der Waals surface area contributed by atoms with Crippen LogP contribution in [0.25, 0.3) is 11.3 Å². The molecular formula is C39H51N11O2. The number of ether oxygens (including phenoxy) is 1. The highest BCUT2D eigenvalue weighted by molar-refractivity contribution is 5.89. The van der Waals surface area contributed by atoms with Gasteiger partial charge in [0, 0.05) is 24.7 Å². The number of aromatic nitrogens is 7. The summed E-state index contributed by atoms with van der Waals surface area (Å²) in [6.07, 6.45) is 13.2. The molecule has 4 atom stereocenters. The van der Waals surface area contributed by atoms with Gasteiger partial charge in [-0.25, -0.2) is 9.48 Å². The van der Waals surface area contributed by atoms with Crippen LogP contribution >= 0.6 is 0 Å². The molecule has 1 aliphatic carbocycles. The predicted octanol–water partition coefficient (Wildman–Crippen LogP) is 6.87. The highest BCUT2D eigenvalue weighted by atomic mass is 16.5. The third kappa shape index (κ3) is 6.98. The van der Waals surface area contributed by atoms with E-state index in [2.05, 4.69) is 80.0 Å². The number of urea groups is 1. The van der Waals surface area contributed by atoms with Gasteiger partial charge in [-0.15, -0.1) is 10.2 Å². The molecule has 0 saturated carbocycles. The summed E-state index contributed by atoms with van der Waals surface area (Å²) in [5.41, 5.74) is 4.67. The lowest BCUT2D eigenvalue weighted by Crippen LogP contribution is -2.44. The minimum Gasteiger partial charge on any atom is -0.484 e. The van der Waals surface area contributed by atoms with E-state index in [0.717, 1.165) is 91.7 Å². The Morgan fingerprint density at radius 1 is 0.923 bits per heavy atom. The average Bonchev–Trinajstić information content (AvgIpc) is 3.96. The maximum Gasteiger partial charge on any atom is 0.320 e. The number of nitrogens with zero attached hydrogens (tertiary/aromatic N) is 9. The van der Waals surface area contributed by atoms with Crippen molar-refractivity contribution in [3.05, 3.63) is 77.9 Å². The summed E-state index contributed by atoms with van der Waals surface area (Å²) in [6.45, 7) is 12.9. The number of nitrogens with one attached hydrogen (secondary N) is 2. The number of likely N-dealkylation sites (tertiary alicyclic amines) is 1. The van der Waals surface area contributed by atoms with E-state index >= 15 is 0 Å². The van der Waals surface area contributed by atoms with Gasteiger partial charge in [0.1, 0.15) is 23.4 Å². The Balaban J connectivity index is 0.963. The second-order valence-electron chi connectivity index (χ2n) is 15.1. The van der Waals surface area contributed by atoms with Crippen LogP contribution in [0.3, 0.4) is 0 Å². The molecule has 0 radical (unpaired) electrons. The number of piperidine rings is 1. The fourth-order valence-corrected chi connectivity index (χ4v) is 8.22. The minimum absolute atomic E-state index is 0.153. The number of pyridine rings is 1. The van der Waals surface area contributed by atoms with E-state index in [9.17, 15) is 4.79 Å². The molecule has 0 spiro atoms. The Bertz CT molecular complexity index is 2000. The molecule has 3 aliphatic rings. The number of hydrogen-bond donors (Lipinski definition) is 2. The average molecular weight is 706 g/mol. The van der Waals surface area contributed by atoms with Crippen LogP contribution in [0.15, 0.2) is 61.1 Å². The van der Waals surface area contributed by atoms with Crippen LogP contribution in [-0.2, 0) is 6.54 Å². The van der Waals surface area contributed by atoms with Gasteiger partial charge < -0.3 is 19.9 Å². The molecule has 2 aliphatic heterocycles. The van der Waals surface area contributed by atoms with E-state index in [1.165, 1.54) is 19.3 Å². The Labute approximate surface area is 305 Å². The zero-order valence-electron chi connectivity index (χ0n) is 30.8. The topological polar surface area (TPSA) is 123 Å². The van der Waals surface area contributed by atoms with Gasteiger partial charge in [0.2, 0.25) is 5.95 Å². The minimum atomic E-state index is -0.274. The van der Waals surface area contributed by atoms with Crippen molar-refractivity contribution in [2.45, 2.75) is 109 Å². The molecule has 0 bridgehead atoms. The number of carbonyl (C=O) groups is 1. The number of benzene rings is 1. The van der Waals surface area contributed by atoms with Crippen LogP contribution in [-0.4, -0.2) is 76.8 Å². The number of hydrogen-bond acceptors (Lipinski definition) is 8. The van der Waals surface area contributed by atoms with Crippen LogP contribution in [0.4, 0.5) is 16.6 Å². The first-order valence-electron chi connectivity index (χ1n) is 19.1. The van der Waals surface area contributed by atoms with E-state index in [4.69, 9.17) is 9.84 Å². The highest BCUT2D eigenvalue weighted by Gasteiger charge is 2.31. The lowest BCUT2D eigenvalue weighted by molar-refractivity contribution is 0.171. The molecule has 4 aromatic heterocycles. The highest BCUT2D eigenvalue weighted by Crippen LogP contribution is 2.39. The van der Waals surface area contributed by atoms with Crippen LogP contribution in [0.5, 0.6) is 5.75 Å². The lowest BCUT2D eigenvalue weighted by atomic mass is 9.85. The predicted molar refractivity (Wildman–Crippen MR) is 201 cm³/mol. The maximum atomic E-state index is 13.6. The molecule has 274 valence electrons. The van der Waals surface area contributed by atoms with Gasteiger partial charge in [-0.05, 0) is 101 Å². The third-order valence-electron chi connectivity index (χ3n) is 11.1. The molecule has 52 heavy (non-hydrogen) atoms. The quantitative estimate of drug-likeness (QED) is 0.161. The third-order valence-corrected chi connectivity index (χ3v) is 11.1. The first-order chi connectivity index (χ1) is 25.3. The lowest BCUT2D eigenvalue weighted by Gasteiger charge is -2.39. The first kappa shape index (κ1) is 34.2. The molecule has 0 unspecified atom stereocenters. The van der Waals surface area contributed by atoms with Crippen molar-refractivity contribution in [2.75, 3.05) is 29.9 Å². The zero-order valence-corrected chi connectivity index (χ0v) is 30.8. The Morgan fingerprint density at radius 2 is 1.71 bits per heavy atom. The van der Waals surface area contributed by atoms with Crippen molar-refractivity contribution >= 4 is 23.4 Å². The summed E-state index contributed by atoms with van der Waals surface area (Å²) in [5.74, 6) is 2.45. The number of carbonyl (C=O) groups excluding carboxylic acids is 1. The molecule has 2 saturated heterocycles. The molecule has 5 aromatic rings. The van der Waals surface area contributed by atoms with Crippen LogP contribution in [0, 0.1) is 0 Å². The van der Waals surface area contributed by atoms with E-state index in [0.29, 0.717) is 17.9 Å².